The van der Waals surface area contributed by atoms with Crippen molar-refractivity contribution >= 4 is 35.3 Å². The Morgan fingerprint density at radius 2 is 1.89 bits per heavy atom. The fraction of sp³-hybridized carbons (Fsp3) is 0.419. The summed E-state index contributed by atoms with van der Waals surface area (Å²) in [7, 11) is 3.35. The number of pyridine rings is 1. The van der Waals surface area contributed by atoms with Crippen molar-refractivity contribution in [2.24, 2.45) is 0 Å². The van der Waals surface area contributed by atoms with Crippen molar-refractivity contribution in [1.29, 1.82) is 0 Å². The van der Waals surface area contributed by atoms with E-state index in [1.165, 1.54) is 4.90 Å². The molecular formula is C31H37N9O4. The highest BCUT2D eigenvalue weighted by molar-refractivity contribution is 5.99. The summed E-state index contributed by atoms with van der Waals surface area (Å²) >= 11 is 0. The molecule has 3 aliphatic heterocycles. The number of nitrogens with zero attached hydrogens (tertiary/aromatic N) is 6. The minimum absolute atomic E-state index is 0.0345. The van der Waals surface area contributed by atoms with E-state index in [2.05, 4.69) is 25.8 Å². The smallest absolute Gasteiger partial charge is 0.321 e. The first-order valence-electron chi connectivity index (χ1n) is 14.9. The molecule has 1 aromatic carbocycles. The molecule has 2 fully saturated rings. The van der Waals surface area contributed by atoms with E-state index in [0.717, 1.165) is 16.8 Å². The van der Waals surface area contributed by atoms with Crippen molar-refractivity contribution in [1.82, 2.24) is 35.2 Å². The van der Waals surface area contributed by atoms with Gasteiger partial charge >= 0.3 is 6.03 Å². The molecule has 2 bridgehead atoms. The number of anilines is 2. The number of hydrogen-bond acceptors (Lipinski definition) is 7. The van der Waals surface area contributed by atoms with Gasteiger partial charge in [-0.05, 0) is 50.1 Å². The molecule has 0 radical (unpaired) electrons. The summed E-state index contributed by atoms with van der Waals surface area (Å²) in [5.41, 5.74) is 4.31. The summed E-state index contributed by atoms with van der Waals surface area (Å²) in [6.45, 7) is 6.08. The molecule has 3 N–H and O–H groups in total. The van der Waals surface area contributed by atoms with Crippen molar-refractivity contribution < 1.29 is 19.2 Å². The van der Waals surface area contributed by atoms with Gasteiger partial charge in [0.2, 0.25) is 5.91 Å². The van der Waals surface area contributed by atoms with E-state index in [4.69, 9.17) is 5.10 Å². The Morgan fingerprint density at radius 3 is 2.52 bits per heavy atom. The number of amides is 5. The predicted molar refractivity (Wildman–Crippen MR) is 163 cm³/mol. The van der Waals surface area contributed by atoms with Crippen molar-refractivity contribution in [2.45, 2.75) is 57.9 Å². The van der Waals surface area contributed by atoms with Gasteiger partial charge < -0.3 is 30.7 Å². The number of rotatable bonds is 7. The number of nitrogens with one attached hydrogen (secondary N) is 3. The van der Waals surface area contributed by atoms with E-state index >= 15 is 0 Å². The van der Waals surface area contributed by atoms with Gasteiger partial charge in [0.15, 0.2) is 5.69 Å². The normalized spacial score (nSPS) is 18.7. The van der Waals surface area contributed by atoms with Gasteiger partial charge in [0.1, 0.15) is 11.9 Å². The van der Waals surface area contributed by atoms with Crippen molar-refractivity contribution in [3.05, 3.63) is 70.7 Å². The molecule has 5 heterocycles. The number of aromatic nitrogens is 3. The molecule has 13 nitrogen and oxygen atoms in total. The molecule has 44 heavy (non-hydrogen) atoms. The zero-order chi connectivity index (χ0) is 31.1. The number of piperazine rings is 1. The first kappa shape index (κ1) is 29.1. The molecule has 0 saturated carbocycles. The van der Waals surface area contributed by atoms with Crippen LogP contribution in [0.1, 0.15) is 64.0 Å². The number of hydrogen-bond donors (Lipinski definition) is 3. The van der Waals surface area contributed by atoms with E-state index in [-0.39, 0.29) is 35.8 Å². The summed E-state index contributed by atoms with van der Waals surface area (Å²) in [4.78, 5) is 60.2. The van der Waals surface area contributed by atoms with Crippen LogP contribution in [-0.4, -0.2) is 87.6 Å². The number of likely N-dealkylation sites (tertiary alicyclic amines) is 1. The summed E-state index contributed by atoms with van der Waals surface area (Å²) in [6.07, 6.45) is 2.93. The molecule has 230 valence electrons. The highest BCUT2D eigenvalue weighted by Gasteiger charge is 2.46. The van der Waals surface area contributed by atoms with Crippen molar-refractivity contribution in [3.8, 4) is 0 Å². The first-order chi connectivity index (χ1) is 21.1. The maximum Gasteiger partial charge on any atom is 0.321 e. The maximum absolute atomic E-state index is 13.4. The van der Waals surface area contributed by atoms with Crippen LogP contribution >= 0.6 is 0 Å². The van der Waals surface area contributed by atoms with Crippen LogP contribution in [0.3, 0.4) is 0 Å². The highest BCUT2D eigenvalue weighted by atomic mass is 16.2. The monoisotopic (exact) mass is 599 g/mol. The minimum Gasteiger partial charge on any atom is -0.352 e. The second-order valence-electron chi connectivity index (χ2n) is 12.0. The predicted octanol–water partition coefficient (Wildman–Crippen LogP) is 2.16. The largest absolute Gasteiger partial charge is 0.352 e. The van der Waals surface area contributed by atoms with Crippen molar-refractivity contribution in [2.75, 3.05) is 37.4 Å². The Hall–Kier alpha value is -4.94. The number of urea groups is 1. The van der Waals surface area contributed by atoms with Gasteiger partial charge in [-0.25, -0.2) is 9.78 Å². The quantitative estimate of drug-likeness (QED) is 0.378. The van der Waals surface area contributed by atoms with Crippen LogP contribution in [0.5, 0.6) is 0 Å². The Kier molecular flexibility index (Phi) is 7.70. The van der Waals surface area contributed by atoms with Crippen LogP contribution < -0.4 is 20.9 Å². The fourth-order valence-electron chi connectivity index (χ4n) is 6.03. The summed E-state index contributed by atoms with van der Waals surface area (Å²) in [6, 6.07) is 10.4. The van der Waals surface area contributed by atoms with Gasteiger partial charge in [0, 0.05) is 81.9 Å². The second kappa shape index (κ2) is 11.6. The molecule has 2 saturated heterocycles. The standard InChI is InChI=1S/C31H37N9O4/c1-18(2)40-24-11-12-38(26-10-7-20(15-32-26)30(43)39-16-22-13-25(39)28(41)34-22)17-23(24)27(36-40)29(42)33-14-19-5-8-21(9-6-19)35-31(44)37(3)4/h5-10,15,18,22,25H,11-14,16-17H2,1-4H3,(H,33,42)(H,34,41)(H,35,44)/t22-,25-/m0/s1. The minimum atomic E-state index is -0.398. The van der Waals surface area contributed by atoms with E-state index in [1.54, 1.807) is 43.4 Å². The summed E-state index contributed by atoms with van der Waals surface area (Å²) in [5, 5.41) is 13.4. The molecule has 0 unspecified atom stereocenters. The Bertz CT molecular complexity index is 1600. The average Bonchev–Trinajstić information content (AvgIpc) is 3.72. The van der Waals surface area contributed by atoms with Crippen LogP contribution in [0.15, 0.2) is 42.6 Å². The number of benzene rings is 1. The molecular weight excluding hydrogens is 562 g/mol. The topological polar surface area (TPSA) is 145 Å². The number of carbonyl (C=O) groups is 4. The van der Waals surface area contributed by atoms with Gasteiger partial charge in [-0.15, -0.1) is 0 Å². The fourth-order valence-corrected chi connectivity index (χ4v) is 6.03. The molecule has 0 aliphatic carbocycles. The van der Waals surface area contributed by atoms with Gasteiger partial charge in [-0.2, -0.15) is 5.10 Å². The second-order valence-corrected chi connectivity index (χ2v) is 12.0. The van der Waals surface area contributed by atoms with Crippen molar-refractivity contribution in [3.63, 3.8) is 0 Å². The third-order valence-electron chi connectivity index (χ3n) is 8.38. The molecule has 5 amide bonds. The van der Waals surface area contributed by atoms with E-state index in [0.29, 0.717) is 61.8 Å². The zero-order valence-corrected chi connectivity index (χ0v) is 25.3. The molecule has 0 spiro atoms. The third-order valence-corrected chi connectivity index (χ3v) is 8.38. The summed E-state index contributed by atoms with van der Waals surface area (Å²) < 4.78 is 1.93. The SMILES string of the molecule is CC(C)n1nc(C(=O)NCc2ccc(NC(=O)N(C)C)cc2)c2c1CCN(c1ccc(C(=O)N3C[C@@H]4C[C@H]3C(=O)N4)cn1)C2. The lowest BCUT2D eigenvalue weighted by atomic mass is 10.0. The number of carbonyl (C=O) groups excluding carboxylic acids is 4. The van der Waals surface area contributed by atoms with E-state index in [9.17, 15) is 19.2 Å². The molecule has 2 atom stereocenters. The third kappa shape index (κ3) is 5.56. The van der Waals surface area contributed by atoms with Gasteiger partial charge in [0.05, 0.1) is 5.56 Å². The van der Waals surface area contributed by atoms with Gasteiger partial charge in [-0.1, -0.05) is 12.1 Å². The van der Waals surface area contributed by atoms with Gasteiger partial charge in [-0.3, -0.25) is 19.1 Å². The van der Waals surface area contributed by atoms with Crippen LogP contribution in [-0.2, 0) is 24.3 Å². The molecule has 3 aliphatic rings. The Labute approximate surface area is 255 Å². The summed E-state index contributed by atoms with van der Waals surface area (Å²) in [5.74, 6) is 0.175. The average molecular weight is 600 g/mol. The zero-order valence-electron chi connectivity index (χ0n) is 25.3. The number of fused-ring (bicyclic) bond motifs is 3. The van der Waals surface area contributed by atoms with Crippen LogP contribution in [0, 0.1) is 0 Å². The molecule has 2 aromatic heterocycles. The lowest BCUT2D eigenvalue weighted by Crippen LogP contribution is -2.50. The van der Waals surface area contributed by atoms with E-state index < -0.39 is 6.04 Å². The molecule has 13 heteroatoms. The van der Waals surface area contributed by atoms with Crippen LogP contribution in [0.25, 0.3) is 0 Å². The lowest BCUT2D eigenvalue weighted by Gasteiger charge is -2.29. The lowest BCUT2D eigenvalue weighted by molar-refractivity contribution is -0.124. The maximum atomic E-state index is 13.4. The molecule has 6 rings (SSSR count). The molecule has 3 aromatic rings. The Morgan fingerprint density at radius 1 is 1.11 bits per heavy atom. The highest BCUT2D eigenvalue weighted by Crippen LogP contribution is 2.29. The van der Waals surface area contributed by atoms with Gasteiger partial charge in [0.25, 0.3) is 11.8 Å². The van der Waals surface area contributed by atoms with Crippen LogP contribution in [0.2, 0.25) is 0 Å². The van der Waals surface area contributed by atoms with Crippen LogP contribution in [0.4, 0.5) is 16.3 Å². The first-order valence-corrected chi connectivity index (χ1v) is 14.9. The van der Waals surface area contributed by atoms with E-state index in [1.807, 2.05) is 36.7 Å². The Balaban J connectivity index is 1.13.